The summed E-state index contributed by atoms with van der Waals surface area (Å²) in [7, 11) is 0. The van der Waals surface area contributed by atoms with Crippen molar-refractivity contribution in [3.05, 3.63) is 66.5 Å². The van der Waals surface area contributed by atoms with Crippen LogP contribution in [0.4, 0.5) is 11.5 Å². The summed E-state index contributed by atoms with van der Waals surface area (Å²) in [6, 6.07) is 18.0. The van der Waals surface area contributed by atoms with Crippen LogP contribution in [-0.2, 0) is 6.54 Å². The van der Waals surface area contributed by atoms with Gasteiger partial charge in [-0.05, 0) is 29.3 Å². The number of thiophene rings is 1. The van der Waals surface area contributed by atoms with Gasteiger partial charge in [-0.2, -0.15) is 0 Å². The number of aromatic hydroxyl groups is 1. The maximum absolute atomic E-state index is 9.71. The van der Waals surface area contributed by atoms with E-state index in [9.17, 15) is 5.11 Å². The molecule has 2 aromatic carbocycles. The molecule has 0 unspecified atom stereocenters. The minimum absolute atomic E-state index is 0.220. The Balaban J connectivity index is 1.38. The molecule has 3 heterocycles. The van der Waals surface area contributed by atoms with Crippen LogP contribution >= 0.6 is 11.3 Å². The Morgan fingerprint density at radius 2 is 1.87 bits per heavy atom. The van der Waals surface area contributed by atoms with Crippen LogP contribution in [0.3, 0.4) is 0 Å². The fourth-order valence-electron chi connectivity index (χ4n) is 3.71. The van der Waals surface area contributed by atoms with Crippen molar-refractivity contribution < 1.29 is 5.11 Å². The molecule has 0 aliphatic carbocycles. The summed E-state index contributed by atoms with van der Waals surface area (Å²) in [5, 5.41) is 16.4. The first-order valence-corrected chi connectivity index (χ1v) is 10.9. The van der Waals surface area contributed by atoms with Crippen LogP contribution in [0.15, 0.2) is 60.9 Å². The summed E-state index contributed by atoms with van der Waals surface area (Å²) in [6.07, 6.45) is 1.57. The molecule has 0 amide bonds. The van der Waals surface area contributed by atoms with Gasteiger partial charge in [0.05, 0.1) is 10.2 Å². The van der Waals surface area contributed by atoms with E-state index in [4.69, 9.17) is 0 Å². The molecule has 4 aromatic rings. The van der Waals surface area contributed by atoms with Gasteiger partial charge in [0.25, 0.3) is 0 Å². The van der Waals surface area contributed by atoms with E-state index in [2.05, 4.69) is 55.8 Å². The molecule has 1 aliphatic rings. The Morgan fingerprint density at radius 3 is 2.67 bits per heavy atom. The highest BCUT2D eigenvalue weighted by Gasteiger charge is 2.12. The zero-order valence-corrected chi connectivity index (χ0v) is 17.3. The molecule has 7 heteroatoms. The first-order valence-electron chi connectivity index (χ1n) is 10.1. The lowest BCUT2D eigenvalue weighted by atomic mass is 10.1. The maximum Gasteiger partial charge on any atom is 0.151 e. The Hall–Kier alpha value is -3.00. The number of nitrogens with zero attached hydrogens (tertiary/aromatic N) is 3. The SMILES string of the molecule is Oc1cccc(Nc2ncnc3cc(-c4ccc(CN5CCNCC5)cc4)sc23)c1. The van der Waals surface area contributed by atoms with Crippen molar-refractivity contribution in [1.29, 1.82) is 0 Å². The summed E-state index contributed by atoms with van der Waals surface area (Å²) in [5.41, 5.74) is 4.23. The van der Waals surface area contributed by atoms with Crippen molar-refractivity contribution in [2.24, 2.45) is 0 Å². The van der Waals surface area contributed by atoms with Crippen LogP contribution in [0, 0.1) is 0 Å². The number of rotatable bonds is 5. The van der Waals surface area contributed by atoms with Crippen LogP contribution in [0.1, 0.15) is 5.56 Å². The van der Waals surface area contributed by atoms with E-state index >= 15 is 0 Å². The second-order valence-corrected chi connectivity index (χ2v) is 8.50. The molecule has 0 spiro atoms. The van der Waals surface area contributed by atoms with Gasteiger partial charge in [-0.3, -0.25) is 4.90 Å². The molecule has 5 rings (SSSR count). The number of piperazine rings is 1. The summed E-state index contributed by atoms with van der Waals surface area (Å²) in [6.45, 7) is 5.34. The summed E-state index contributed by atoms with van der Waals surface area (Å²) in [5.74, 6) is 0.968. The van der Waals surface area contributed by atoms with Gasteiger partial charge in [0, 0.05) is 49.4 Å². The number of benzene rings is 2. The quantitative estimate of drug-likeness (QED) is 0.452. The van der Waals surface area contributed by atoms with Crippen molar-refractivity contribution >= 4 is 33.1 Å². The van der Waals surface area contributed by atoms with Gasteiger partial charge >= 0.3 is 0 Å². The molecular weight excluding hydrogens is 394 g/mol. The fraction of sp³-hybridized carbons (Fsp3) is 0.217. The van der Waals surface area contributed by atoms with Gasteiger partial charge in [-0.25, -0.2) is 9.97 Å². The Bertz CT molecular complexity index is 1150. The number of phenols is 1. The highest BCUT2D eigenvalue weighted by Crippen LogP contribution is 2.36. The molecule has 0 atom stereocenters. The third kappa shape index (κ3) is 4.14. The highest BCUT2D eigenvalue weighted by molar-refractivity contribution is 7.22. The number of aromatic nitrogens is 2. The summed E-state index contributed by atoms with van der Waals surface area (Å²) in [4.78, 5) is 12.5. The monoisotopic (exact) mass is 417 g/mol. The molecule has 152 valence electrons. The molecule has 1 fully saturated rings. The summed E-state index contributed by atoms with van der Waals surface area (Å²) < 4.78 is 1.00. The minimum Gasteiger partial charge on any atom is -0.508 e. The average molecular weight is 418 g/mol. The fourth-order valence-corrected chi connectivity index (χ4v) is 4.77. The normalized spacial score (nSPS) is 14.8. The molecule has 6 nitrogen and oxygen atoms in total. The van der Waals surface area contributed by atoms with E-state index in [0.29, 0.717) is 0 Å². The van der Waals surface area contributed by atoms with E-state index in [1.165, 1.54) is 11.1 Å². The lowest BCUT2D eigenvalue weighted by molar-refractivity contribution is 0.233. The predicted octanol–water partition coefficient (Wildman–Crippen LogP) is 4.21. The zero-order chi connectivity index (χ0) is 20.3. The lowest BCUT2D eigenvalue weighted by Gasteiger charge is -2.27. The largest absolute Gasteiger partial charge is 0.508 e. The van der Waals surface area contributed by atoms with Gasteiger partial charge in [-0.1, -0.05) is 30.3 Å². The third-order valence-corrected chi connectivity index (χ3v) is 6.45. The number of nitrogens with one attached hydrogen (secondary N) is 2. The van der Waals surface area contributed by atoms with Crippen LogP contribution in [0.25, 0.3) is 20.7 Å². The standard InChI is InChI=1S/C23H23N5OS/c29-19-3-1-2-18(12-19)27-23-22-20(25-15-26-23)13-21(30-22)17-6-4-16(5-7-17)14-28-10-8-24-9-11-28/h1-7,12-13,15,24,29H,8-11,14H2,(H,25,26,27). The molecule has 1 aliphatic heterocycles. The topological polar surface area (TPSA) is 73.3 Å². The van der Waals surface area contributed by atoms with Crippen molar-refractivity contribution in [1.82, 2.24) is 20.2 Å². The number of hydrogen-bond acceptors (Lipinski definition) is 7. The van der Waals surface area contributed by atoms with E-state index in [1.807, 2.05) is 6.07 Å². The zero-order valence-electron chi connectivity index (χ0n) is 16.5. The van der Waals surface area contributed by atoms with Gasteiger partial charge in [0.1, 0.15) is 12.1 Å². The van der Waals surface area contributed by atoms with Crippen LogP contribution in [-0.4, -0.2) is 46.2 Å². The molecular formula is C23H23N5OS. The third-order valence-electron chi connectivity index (χ3n) is 5.27. The van der Waals surface area contributed by atoms with Crippen molar-refractivity contribution in [3.8, 4) is 16.2 Å². The molecule has 0 bridgehead atoms. The van der Waals surface area contributed by atoms with Gasteiger partial charge in [0.2, 0.25) is 0 Å². The summed E-state index contributed by atoms with van der Waals surface area (Å²) >= 11 is 1.67. The first-order chi connectivity index (χ1) is 14.7. The van der Waals surface area contributed by atoms with Crippen LogP contribution in [0.2, 0.25) is 0 Å². The van der Waals surface area contributed by atoms with E-state index in [0.717, 1.165) is 59.3 Å². The predicted molar refractivity (Wildman–Crippen MR) is 122 cm³/mol. The number of phenolic OH excluding ortho intramolecular Hbond substituents is 1. The van der Waals surface area contributed by atoms with Crippen LogP contribution < -0.4 is 10.6 Å². The van der Waals surface area contributed by atoms with E-state index in [-0.39, 0.29) is 5.75 Å². The minimum atomic E-state index is 0.220. The maximum atomic E-state index is 9.71. The molecule has 2 aromatic heterocycles. The molecule has 30 heavy (non-hydrogen) atoms. The number of hydrogen-bond donors (Lipinski definition) is 3. The molecule has 0 radical (unpaired) electrons. The van der Waals surface area contributed by atoms with E-state index in [1.54, 1.807) is 35.9 Å². The Kier molecular flexibility index (Phi) is 5.31. The van der Waals surface area contributed by atoms with Crippen molar-refractivity contribution in [2.75, 3.05) is 31.5 Å². The number of fused-ring (bicyclic) bond motifs is 1. The van der Waals surface area contributed by atoms with Crippen molar-refractivity contribution in [2.45, 2.75) is 6.54 Å². The van der Waals surface area contributed by atoms with Gasteiger partial charge < -0.3 is 15.7 Å². The highest BCUT2D eigenvalue weighted by atomic mass is 32.1. The lowest BCUT2D eigenvalue weighted by Crippen LogP contribution is -2.42. The molecule has 3 N–H and O–H groups in total. The molecule has 0 saturated carbocycles. The molecule has 1 saturated heterocycles. The average Bonchev–Trinajstić information content (AvgIpc) is 3.21. The number of anilines is 2. The Labute approximate surface area is 179 Å². The Morgan fingerprint density at radius 1 is 1.03 bits per heavy atom. The first kappa shape index (κ1) is 19.0. The van der Waals surface area contributed by atoms with Gasteiger partial charge in [0.15, 0.2) is 5.82 Å². The van der Waals surface area contributed by atoms with E-state index < -0.39 is 0 Å². The second-order valence-electron chi connectivity index (χ2n) is 7.45. The van der Waals surface area contributed by atoms with Crippen LogP contribution in [0.5, 0.6) is 5.75 Å². The van der Waals surface area contributed by atoms with Gasteiger partial charge in [-0.15, -0.1) is 11.3 Å². The smallest absolute Gasteiger partial charge is 0.151 e. The van der Waals surface area contributed by atoms with Crippen molar-refractivity contribution in [3.63, 3.8) is 0 Å². The second kappa shape index (κ2) is 8.39.